The molecule has 0 aliphatic heterocycles. The van der Waals surface area contributed by atoms with Crippen LogP contribution < -0.4 is 14.2 Å². The molecule has 1 heterocycles. The molecule has 1 atom stereocenters. The number of nitrogens with one attached hydrogen (secondary N) is 1. The van der Waals surface area contributed by atoms with Gasteiger partial charge in [0.05, 0.1) is 14.2 Å². The zero-order valence-corrected chi connectivity index (χ0v) is 19.0. The van der Waals surface area contributed by atoms with Crippen LogP contribution in [0.15, 0.2) is 48.5 Å². The first-order valence-electron chi connectivity index (χ1n) is 10.8. The number of ether oxygens (including phenoxy) is 4. The Hall–Kier alpha value is -3.74. The van der Waals surface area contributed by atoms with E-state index in [2.05, 4.69) is 4.98 Å². The highest BCUT2D eigenvalue weighted by Crippen LogP contribution is 2.40. The van der Waals surface area contributed by atoms with Crippen molar-refractivity contribution in [2.45, 2.75) is 25.7 Å². The highest BCUT2D eigenvalue weighted by atomic mass is 16.6. The molecule has 1 aromatic heterocycles. The number of aromatic amines is 1. The zero-order valence-electron chi connectivity index (χ0n) is 19.0. The smallest absolute Gasteiger partial charge is 0.355 e. The Morgan fingerprint density at radius 2 is 1.79 bits per heavy atom. The molecule has 3 aromatic rings. The largest absolute Gasteiger partial charge is 0.497 e. The van der Waals surface area contributed by atoms with Crippen LogP contribution in [-0.4, -0.2) is 44.2 Å². The molecule has 0 saturated heterocycles. The fraction of sp³-hybridized carbons (Fsp3) is 0.308. The number of aromatic nitrogens is 1. The number of rotatable bonds is 8. The Bertz CT molecular complexity index is 1150. The van der Waals surface area contributed by atoms with Crippen molar-refractivity contribution in [2.75, 3.05) is 27.4 Å². The molecule has 1 aliphatic carbocycles. The maximum atomic E-state index is 13.0. The monoisotopic (exact) mass is 449 g/mol. The fourth-order valence-corrected chi connectivity index (χ4v) is 4.30. The van der Waals surface area contributed by atoms with E-state index < -0.39 is 5.97 Å². The molecule has 33 heavy (non-hydrogen) atoms. The van der Waals surface area contributed by atoms with E-state index in [9.17, 15) is 9.59 Å². The normalized spacial score (nSPS) is 15.0. The van der Waals surface area contributed by atoms with E-state index >= 15 is 0 Å². The van der Waals surface area contributed by atoms with Crippen molar-refractivity contribution in [3.8, 4) is 17.2 Å². The third-order valence-corrected chi connectivity index (χ3v) is 5.90. The van der Waals surface area contributed by atoms with E-state index in [-0.39, 0.29) is 24.9 Å². The number of carbonyl (C=O) groups excluding carboxylic acids is 2. The molecule has 0 bridgehead atoms. The number of H-pyrrole nitrogens is 1. The predicted octanol–water partition coefficient (Wildman–Crippen LogP) is 4.49. The maximum absolute atomic E-state index is 13.0. The van der Waals surface area contributed by atoms with Gasteiger partial charge in [-0.25, -0.2) is 4.79 Å². The third-order valence-electron chi connectivity index (χ3n) is 5.90. The zero-order chi connectivity index (χ0) is 23.4. The summed E-state index contributed by atoms with van der Waals surface area (Å²) in [6.07, 6.45) is 0.907. The number of hydrogen-bond acceptors (Lipinski definition) is 6. The molecule has 4 rings (SSSR count). The summed E-state index contributed by atoms with van der Waals surface area (Å²) >= 11 is 0. The van der Waals surface area contributed by atoms with Crippen LogP contribution in [-0.2, 0) is 11.2 Å². The first kappa shape index (κ1) is 22.5. The molecule has 0 fully saturated rings. The van der Waals surface area contributed by atoms with Crippen LogP contribution >= 0.6 is 0 Å². The van der Waals surface area contributed by atoms with Gasteiger partial charge in [0, 0.05) is 29.2 Å². The van der Waals surface area contributed by atoms with Crippen molar-refractivity contribution in [1.82, 2.24) is 4.98 Å². The van der Waals surface area contributed by atoms with Gasteiger partial charge in [-0.05, 0) is 49.2 Å². The Balaban J connectivity index is 1.47. The molecule has 0 radical (unpaired) electrons. The quantitative estimate of drug-likeness (QED) is 0.403. The van der Waals surface area contributed by atoms with Crippen LogP contribution in [0.2, 0.25) is 0 Å². The third kappa shape index (κ3) is 4.72. The first-order chi connectivity index (χ1) is 16.0. The number of hydrogen-bond donors (Lipinski definition) is 1. The summed E-state index contributed by atoms with van der Waals surface area (Å²) in [6.45, 7) is 2.12. The average molecular weight is 450 g/mol. The van der Waals surface area contributed by atoms with E-state index in [1.54, 1.807) is 21.1 Å². The van der Waals surface area contributed by atoms with E-state index in [1.165, 1.54) is 0 Å². The van der Waals surface area contributed by atoms with Crippen molar-refractivity contribution in [3.63, 3.8) is 0 Å². The van der Waals surface area contributed by atoms with Gasteiger partial charge in [-0.2, -0.15) is 0 Å². The molecule has 0 saturated carbocycles. The minimum atomic E-state index is -0.498. The van der Waals surface area contributed by atoms with Crippen molar-refractivity contribution < 1.29 is 28.5 Å². The summed E-state index contributed by atoms with van der Waals surface area (Å²) in [5.74, 6) is 1.53. The van der Waals surface area contributed by atoms with Gasteiger partial charge in [0.15, 0.2) is 5.78 Å². The second kappa shape index (κ2) is 9.81. The lowest BCUT2D eigenvalue weighted by Gasteiger charge is -2.24. The van der Waals surface area contributed by atoms with Gasteiger partial charge in [0.2, 0.25) is 0 Å². The minimum Gasteiger partial charge on any atom is -0.497 e. The molecule has 0 spiro atoms. The van der Waals surface area contributed by atoms with Crippen LogP contribution in [0.3, 0.4) is 0 Å². The van der Waals surface area contributed by atoms with Gasteiger partial charge in [0.25, 0.3) is 0 Å². The van der Waals surface area contributed by atoms with Gasteiger partial charge < -0.3 is 23.9 Å². The van der Waals surface area contributed by atoms with Gasteiger partial charge in [0.1, 0.15) is 36.2 Å². The summed E-state index contributed by atoms with van der Waals surface area (Å²) in [5, 5.41) is 0. The van der Waals surface area contributed by atoms with Crippen LogP contribution in [0.1, 0.15) is 50.0 Å². The highest BCUT2D eigenvalue weighted by Gasteiger charge is 2.33. The predicted molar refractivity (Wildman–Crippen MR) is 123 cm³/mol. The van der Waals surface area contributed by atoms with E-state index in [1.807, 2.05) is 48.5 Å². The summed E-state index contributed by atoms with van der Waals surface area (Å²) < 4.78 is 21.8. The Labute approximate surface area is 192 Å². The van der Waals surface area contributed by atoms with Crippen LogP contribution in [0.5, 0.6) is 17.2 Å². The number of para-hydroxylation sites is 1. The molecule has 1 aliphatic rings. The number of esters is 1. The molecule has 7 nitrogen and oxygen atoms in total. The Morgan fingerprint density at radius 3 is 2.52 bits per heavy atom. The van der Waals surface area contributed by atoms with E-state index in [0.29, 0.717) is 46.9 Å². The summed E-state index contributed by atoms with van der Waals surface area (Å²) in [7, 11) is 3.21. The molecular formula is C26H27NO6. The first-order valence-corrected chi connectivity index (χ1v) is 10.8. The SMILES string of the molecule is COc1ccc(OC)c([C@@H]2CC(=O)c3c([nH]c(C(=O)OCCOc4ccccc4)c3C)C2)c1. The Morgan fingerprint density at radius 1 is 1.00 bits per heavy atom. The van der Waals surface area contributed by atoms with Crippen LogP contribution in [0.25, 0.3) is 0 Å². The molecule has 0 unspecified atom stereocenters. The fourth-order valence-electron chi connectivity index (χ4n) is 4.30. The van der Waals surface area contributed by atoms with E-state index in [0.717, 1.165) is 11.3 Å². The van der Waals surface area contributed by atoms with Gasteiger partial charge in [-0.1, -0.05) is 18.2 Å². The number of methoxy groups -OCH3 is 2. The lowest BCUT2D eigenvalue weighted by molar-refractivity contribution is 0.0443. The number of ketones is 1. The summed E-state index contributed by atoms with van der Waals surface area (Å²) in [4.78, 5) is 28.9. The van der Waals surface area contributed by atoms with Crippen molar-refractivity contribution in [1.29, 1.82) is 0 Å². The lowest BCUT2D eigenvalue weighted by atomic mass is 9.81. The van der Waals surface area contributed by atoms with Gasteiger partial charge in [-0.15, -0.1) is 0 Å². The molecule has 0 amide bonds. The Kier molecular flexibility index (Phi) is 6.68. The number of fused-ring (bicyclic) bond motifs is 1. The maximum Gasteiger partial charge on any atom is 0.355 e. The lowest BCUT2D eigenvalue weighted by Crippen LogP contribution is -2.19. The molecule has 172 valence electrons. The highest BCUT2D eigenvalue weighted by molar-refractivity contribution is 6.03. The minimum absolute atomic E-state index is 0.00802. The average Bonchev–Trinajstić information content (AvgIpc) is 3.18. The van der Waals surface area contributed by atoms with Crippen molar-refractivity contribution in [3.05, 3.63) is 76.6 Å². The summed E-state index contributed by atoms with van der Waals surface area (Å²) in [6, 6.07) is 14.9. The number of benzene rings is 2. The standard InChI is InChI=1S/C26H27NO6/c1-16-24-21(27-25(16)26(29)33-12-11-32-18-7-5-4-6-8-18)13-17(14-22(24)28)20-15-19(30-2)9-10-23(20)31-3/h4-10,15,17,27H,11-14H2,1-3H3/t17-/m0/s1. The van der Waals surface area contributed by atoms with Gasteiger partial charge >= 0.3 is 5.97 Å². The van der Waals surface area contributed by atoms with E-state index in [4.69, 9.17) is 18.9 Å². The molecular weight excluding hydrogens is 422 g/mol. The molecule has 1 N–H and O–H groups in total. The van der Waals surface area contributed by atoms with Crippen molar-refractivity contribution >= 4 is 11.8 Å². The van der Waals surface area contributed by atoms with Crippen molar-refractivity contribution in [2.24, 2.45) is 0 Å². The number of carbonyl (C=O) groups is 2. The number of Topliss-reactive ketones (excluding diaryl/α,β-unsaturated/α-hetero) is 1. The second-order valence-corrected chi connectivity index (χ2v) is 7.91. The second-order valence-electron chi connectivity index (χ2n) is 7.91. The van der Waals surface area contributed by atoms with Crippen LogP contribution in [0, 0.1) is 6.92 Å². The molecule has 7 heteroatoms. The summed E-state index contributed by atoms with van der Waals surface area (Å²) in [5.41, 5.74) is 3.17. The van der Waals surface area contributed by atoms with Crippen LogP contribution in [0.4, 0.5) is 0 Å². The van der Waals surface area contributed by atoms with Gasteiger partial charge in [-0.3, -0.25) is 4.79 Å². The topological polar surface area (TPSA) is 86.9 Å². The molecule has 2 aromatic carbocycles.